The molecule has 0 amide bonds. The van der Waals surface area contributed by atoms with Crippen LogP contribution in [0.1, 0.15) is 22.5 Å². The molecule has 94 valence electrons. The van der Waals surface area contributed by atoms with E-state index in [-0.39, 0.29) is 0 Å². The third kappa shape index (κ3) is 2.35. The van der Waals surface area contributed by atoms with E-state index in [1.807, 2.05) is 20.9 Å². The van der Waals surface area contributed by atoms with E-state index in [0.717, 1.165) is 28.5 Å². The minimum atomic E-state index is 0.836. The fraction of sp³-hybridized carbons (Fsp3) is 0.333. The summed E-state index contributed by atoms with van der Waals surface area (Å²) >= 11 is 0. The molecule has 1 N–H and O–H groups in total. The first-order valence-corrected chi connectivity index (χ1v) is 6.13. The Balaban J connectivity index is 2.65. The molecule has 1 aromatic heterocycles. The third-order valence-electron chi connectivity index (χ3n) is 3.04. The van der Waals surface area contributed by atoms with Crippen LogP contribution in [-0.2, 0) is 0 Å². The first kappa shape index (κ1) is 12.6. The van der Waals surface area contributed by atoms with Crippen LogP contribution in [0.25, 0.3) is 11.3 Å². The van der Waals surface area contributed by atoms with Gasteiger partial charge in [0, 0.05) is 12.6 Å². The van der Waals surface area contributed by atoms with Gasteiger partial charge < -0.3 is 5.32 Å². The summed E-state index contributed by atoms with van der Waals surface area (Å²) < 4.78 is 0. The summed E-state index contributed by atoms with van der Waals surface area (Å²) in [6.07, 6.45) is 0. The molecule has 2 rings (SSSR count). The summed E-state index contributed by atoms with van der Waals surface area (Å²) in [6, 6.07) is 6.45. The Hall–Kier alpha value is -1.90. The number of hydrogen-bond acceptors (Lipinski definition) is 3. The van der Waals surface area contributed by atoms with Crippen molar-refractivity contribution in [2.75, 3.05) is 12.4 Å². The van der Waals surface area contributed by atoms with Crippen molar-refractivity contribution in [1.82, 2.24) is 9.97 Å². The molecule has 3 heteroatoms. The molecule has 1 heterocycles. The van der Waals surface area contributed by atoms with Crippen LogP contribution in [0, 0.1) is 27.7 Å². The van der Waals surface area contributed by atoms with Crippen molar-refractivity contribution >= 4 is 5.82 Å². The van der Waals surface area contributed by atoms with Crippen LogP contribution in [-0.4, -0.2) is 17.0 Å². The van der Waals surface area contributed by atoms with Crippen molar-refractivity contribution in [3.8, 4) is 11.3 Å². The fourth-order valence-electron chi connectivity index (χ4n) is 2.09. The van der Waals surface area contributed by atoms with E-state index < -0.39 is 0 Å². The number of rotatable bonds is 2. The zero-order valence-corrected chi connectivity index (χ0v) is 11.6. The Morgan fingerprint density at radius 3 is 1.94 bits per heavy atom. The van der Waals surface area contributed by atoms with Crippen LogP contribution in [0.4, 0.5) is 5.82 Å². The highest BCUT2D eigenvalue weighted by molar-refractivity contribution is 5.72. The molecular formula is C15H19N3. The first-order chi connectivity index (χ1) is 8.51. The Morgan fingerprint density at radius 2 is 1.39 bits per heavy atom. The van der Waals surface area contributed by atoms with Crippen LogP contribution in [0.3, 0.4) is 0 Å². The van der Waals surface area contributed by atoms with E-state index in [4.69, 9.17) is 0 Å². The number of benzene rings is 1. The highest BCUT2D eigenvalue weighted by Crippen LogP contribution is 2.27. The lowest BCUT2D eigenvalue weighted by atomic mass is 10.0. The van der Waals surface area contributed by atoms with Gasteiger partial charge in [0.15, 0.2) is 5.82 Å². The van der Waals surface area contributed by atoms with Gasteiger partial charge in [0.25, 0.3) is 0 Å². The van der Waals surface area contributed by atoms with E-state index in [0.29, 0.717) is 0 Å². The predicted octanol–water partition coefficient (Wildman–Crippen LogP) is 3.42. The van der Waals surface area contributed by atoms with Crippen LogP contribution in [0.5, 0.6) is 0 Å². The Bertz CT molecular complexity index is 568. The Labute approximate surface area is 108 Å². The second-order valence-corrected chi connectivity index (χ2v) is 4.72. The number of nitrogens with one attached hydrogen (secondary N) is 1. The minimum absolute atomic E-state index is 0.836. The number of hydrogen-bond donors (Lipinski definition) is 1. The van der Waals surface area contributed by atoms with E-state index in [9.17, 15) is 0 Å². The Morgan fingerprint density at radius 1 is 0.833 bits per heavy atom. The molecule has 18 heavy (non-hydrogen) atoms. The number of aryl methyl sites for hydroxylation is 4. The zero-order chi connectivity index (χ0) is 13.3. The molecule has 3 nitrogen and oxygen atoms in total. The molecule has 0 atom stereocenters. The number of anilines is 1. The summed E-state index contributed by atoms with van der Waals surface area (Å²) in [7, 11) is 1.88. The van der Waals surface area contributed by atoms with Gasteiger partial charge in [0.05, 0.1) is 11.4 Å². The minimum Gasteiger partial charge on any atom is -0.371 e. The SMILES string of the molecule is CNc1nc(C)c(C)nc1-c1cc(C)cc(C)c1. The van der Waals surface area contributed by atoms with E-state index in [1.165, 1.54) is 11.1 Å². The molecule has 0 aliphatic heterocycles. The van der Waals surface area contributed by atoms with Gasteiger partial charge >= 0.3 is 0 Å². The normalized spacial score (nSPS) is 10.5. The Kier molecular flexibility index (Phi) is 3.32. The van der Waals surface area contributed by atoms with Crippen molar-refractivity contribution in [1.29, 1.82) is 0 Å². The van der Waals surface area contributed by atoms with Gasteiger partial charge in [-0.15, -0.1) is 0 Å². The summed E-state index contributed by atoms with van der Waals surface area (Å²) in [5, 5.41) is 3.13. The van der Waals surface area contributed by atoms with Crippen molar-refractivity contribution in [3.05, 3.63) is 40.7 Å². The zero-order valence-electron chi connectivity index (χ0n) is 11.6. The van der Waals surface area contributed by atoms with Crippen molar-refractivity contribution in [3.63, 3.8) is 0 Å². The van der Waals surface area contributed by atoms with Crippen LogP contribution in [0.15, 0.2) is 18.2 Å². The molecule has 0 spiro atoms. The summed E-state index contributed by atoms with van der Waals surface area (Å²) in [5.41, 5.74) is 6.47. The molecule has 0 bridgehead atoms. The first-order valence-electron chi connectivity index (χ1n) is 6.13. The smallest absolute Gasteiger partial charge is 0.152 e. The second kappa shape index (κ2) is 4.77. The summed E-state index contributed by atoms with van der Waals surface area (Å²) in [5.74, 6) is 0.836. The lowest BCUT2D eigenvalue weighted by Gasteiger charge is -2.11. The topological polar surface area (TPSA) is 37.8 Å². The molecule has 1 aromatic carbocycles. The molecule has 2 aromatic rings. The quantitative estimate of drug-likeness (QED) is 0.875. The second-order valence-electron chi connectivity index (χ2n) is 4.72. The van der Waals surface area contributed by atoms with Crippen LogP contribution in [0.2, 0.25) is 0 Å². The van der Waals surface area contributed by atoms with Gasteiger partial charge in [-0.2, -0.15) is 0 Å². The summed E-state index contributed by atoms with van der Waals surface area (Å²) in [4.78, 5) is 9.22. The molecule has 0 aliphatic rings. The van der Waals surface area contributed by atoms with Crippen molar-refractivity contribution < 1.29 is 0 Å². The van der Waals surface area contributed by atoms with Gasteiger partial charge in [-0.05, 0) is 39.8 Å². The fourth-order valence-corrected chi connectivity index (χ4v) is 2.09. The maximum absolute atomic E-state index is 4.67. The maximum atomic E-state index is 4.67. The molecule has 0 radical (unpaired) electrons. The summed E-state index contributed by atoms with van der Waals surface area (Å²) in [6.45, 7) is 8.18. The van der Waals surface area contributed by atoms with Crippen molar-refractivity contribution in [2.45, 2.75) is 27.7 Å². The molecule has 0 aliphatic carbocycles. The van der Waals surface area contributed by atoms with E-state index in [2.05, 4.69) is 47.3 Å². The van der Waals surface area contributed by atoms with Crippen molar-refractivity contribution in [2.24, 2.45) is 0 Å². The largest absolute Gasteiger partial charge is 0.371 e. The number of nitrogens with zero attached hydrogens (tertiary/aromatic N) is 2. The highest BCUT2D eigenvalue weighted by atomic mass is 15.0. The highest BCUT2D eigenvalue weighted by Gasteiger charge is 2.10. The molecule has 0 saturated carbocycles. The average molecular weight is 241 g/mol. The molecule has 0 saturated heterocycles. The van der Waals surface area contributed by atoms with Gasteiger partial charge in [0.2, 0.25) is 0 Å². The molecular weight excluding hydrogens is 222 g/mol. The van der Waals surface area contributed by atoms with Gasteiger partial charge in [0.1, 0.15) is 5.69 Å². The van der Waals surface area contributed by atoms with E-state index in [1.54, 1.807) is 0 Å². The van der Waals surface area contributed by atoms with Gasteiger partial charge in [-0.1, -0.05) is 17.2 Å². The molecule has 0 unspecified atom stereocenters. The van der Waals surface area contributed by atoms with Crippen LogP contribution < -0.4 is 5.32 Å². The monoisotopic (exact) mass is 241 g/mol. The van der Waals surface area contributed by atoms with Gasteiger partial charge in [-0.25, -0.2) is 9.97 Å². The maximum Gasteiger partial charge on any atom is 0.152 e. The van der Waals surface area contributed by atoms with E-state index >= 15 is 0 Å². The predicted molar refractivity (Wildman–Crippen MR) is 76.0 cm³/mol. The number of aromatic nitrogens is 2. The third-order valence-corrected chi connectivity index (χ3v) is 3.04. The average Bonchev–Trinajstić information content (AvgIpc) is 2.30. The van der Waals surface area contributed by atoms with Crippen LogP contribution >= 0.6 is 0 Å². The molecule has 0 fully saturated rings. The lowest BCUT2D eigenvalue weighted by molar-refractivity contribution is 1.05. The van der Waals surface area contributed by atoms with Gasteiger partial charge in [-0.3, -0.25) is 0 Å². The standard InChI is InChI=1S/C15H19N3/c1-9-6-10(2)8-13(7-9)14-15(16-5)18-12(4)11(3)17-14/h6-8H,1-5H3,(H,16,18). The lowest BCUT2D eigenvalue weighted by Crippen LogP contribution is -2.03.